The molecule has 2 rings (SSSR count). The number of benzene rings is 1. The molecule has 1 fully saturated rings. The number of hydrogen-bond acceptors (Lipinski definition) is 5. The van der Waals surface area contributed by atoms with Crippen LogP contribution in [0.1, 0.15) is 34.6 Å². The standard InChI is InChI=1S/C14H20BO6P/c1-6-18-11-7-10(8-12(9-11)19-22(16)17)15-20-13(2,3)14(4,5)21-15/h7-9H,6H2,1-5H3/p+1. The summed E-state index contributed by atoms with van der Waals surface area (Å²) in [5.41, 5.74) is -0.262. The van der Waals surface area contributed by atoms with Crippen LogP contribution in [0.15, 0.2) is 18.2 Å². The van der Waals surface area contributed by atoms with Gasteiger partial charge >= 0.3 is 15.4 Å². The monoisotopic (exact) mass is 327 g/mol. The lowest BCUT2D eigenvalue weighted by Crippen LogP contribution is -2.41. The second-order valence-electron chi connectivity index (χ2n) is 6.09. The summed E-state index contributed by atoms with van der Waals surface area (Å²) in [4.78, 5) is 8.93. The molecule has 1 aliphatic rings. The molecule has 1 aromatic carbocycles. The van der Waals surface area contributed by atoms with Crippen LogP contribution < -0.4 is 14.7 Å². The van der Waals surface area contributed by atoms with Crippen LogP contribution in [0.5, 0.6) is 11.5 Å². The van der Waals surface area contributed by atoms with Crippen molar-refractivity contribution in [1.82, 2.24) is 0 Å². The zero-order valence-electron chi connectivity index (χ0n) is 13.5. The Bertz CT molecular complexity index is 558. The molecule has 1 atom stereocenters. The third-order valence-electron chi connectivity index (χ3n) is 3.92. The number of ether oxygens (including phenoxy) is 1. The van der Waals surface area contributed by atoms with Gasteiger partial charge < -0.3 is 14.0 Å². The molecule has 8 heteroatoms. The third-order valence-corrected chi connectivity index (χ3v) is 4.29. The normalized spacial score (nSPS) is 19.9. The summed E-state index contributed by atoms with van der Waals surface area (Å²) in [6.45, 7) is 10.2. The van der Waals surface area contributed by atoms with E-state index in [0.29, 0.717) is 17.8 Å². The van der Waals surface area contributed by atoms with Crippen LogP contribution >= 0.6 is 8.25 Å². The predicted molar refractivity (Wildman–Crippen MR) is 83.8 cm³/mol. The number of rotatable bonds is 5. The zero-order valence-corrected chi connectivity index (χ0v) is 14.3. The molecule has 1 unspecified atom stereocenters. The smallest absolute Gasteiger partial charge is 0.494 e. The summed E-state index contributed by atoms with van der Waals surface area (Å²) in [6, 6.07) is 4.96. The van der Waals surface area contributed by atoms with Crippen LogP contribution in [0.3, 0.4) is 0 Å². The second-order valence-corrected chi connectivity index (χ2v) is 6.75. The predicted octanol–water partition coefficient (Wildman–Crippen LogP) is 2.41. The van der Waals surface area contributed by atoms with Crippen LogP contribution in [0.2, 0.25) is 0 Å². The molecule has 0 spiro atoms. The van der Waals surface area contributed by atoms with Crippen LogP contribution in [0.25, 0.3) is 0 Å². The molecule has 0 radical (unpaired) electrons. The molecule has 1 heterocycles. The first-order valence-corrected chi connectivity index (χ1v) is 8.25. The van der Waals surface area contributed by atoms with Crippen LogP contribution in [-0.4, -0.2) is 29.8 Å². The molecule has 1 N–H and O–H groups in total. The number of hydrogen-bond donors (Lipinski definition) is 1. The molecule has 0 aliphatic carbocycles. The Kier molecular flexibility index (Phi) is 4.83. The van der Waals surface area contributed by atoms with E-state index in [1.54, 1.807) is 18.2 Å². The largest absolute Gasteiger partial charge is 0.747 e. The van der Waals surface area contributed by atoms with Crippen molar-refractivity contribution in [3.63, 3.8) is 0 Å². The Morgan fingerprint density at radius 1 is 1.14 bits per heavy atom. The average Bonchev–Trinajstić information content (AvgIpc) is 2.58. The highest BCUT2D eigenvalue weighted by Gasteiger charge is 2.52. The fourth-order valence-electron chi connectivity index (χ4n) is 2.10. The van der Waals surface area contributed by atoms with Crippen molar-refractivity contribution in [2.24, 2.45) is 0 Å². The van der Waals surface area contributed by atoms with Gasteiger partial charge in [-0.1, -0.05) is 0 Å². The van der Waals surface area contributed by atoms with E-state index in [0.717, 1.165) is 0 Å². The molecule has 120 valence electrons. The van der Waals surface area contributed by atoms with Gasteiger partial charge in [-0.25, -0.2) is 4.52 Å². The Hall–Kier alpha value is -1.14. The second kappa shape index (κ2) is 6.16. The van der Waals surface area contributed by atoms with Gasteiger partial charge in [-0.3, -0.25) is 0 Å². The summed E-state index contributed by atoms with van der Waals surface area (Å²) >= 11 is 0. The van der Waals surface area contributed by atoms with E-state index in [4.69, 9.17) is 23.5 Å². The molecule has 6 nitrogen and oxygen atoms in total. The fourth-order valence-corrected chi connectivity index (χ4v) is 2.39. The van der Waals surface area contributed by atoms with Crippen LogP contribution in [0.4, 0.5) is 0 Å². The van der Waals surface area contributed by atoms with Crippen molar-refractivity contribution in [3.8, 4) is 11.5 Å². The van der Waals surface area contributed by atoms with E-state index < -0.39 is 26.6 Å². The summed E-state index contributed by atoms with van der Waals surface area (Å²) < 4.78 is 33.2. The maximum absolute atomic E-state index is 10.9. The fraction of sp³-hybridized carbons (Fsp3) is 0.571. The highest BCUT2D eigenvalue weighted by atomic mass is 31.1. The van der Waals surface area contributed by atoms with Gasteiger partial charge in [0.15, 0.2) is 5.75 Å². The Morgan fingerprint density at radius 2 is 1.68 bits per heavy atom. The average molecular weight is 327 g/mol. The van der Waals surface area contributed by atoms with Crippen molar-refractivity contribution >= 4 is 20.8 Å². The molecule has 0 aromatic heterocycles. The summed E-state index contributed by atoms with van der Waals surface area (Å²) in [5, 5.41) is 0. The Morgan fingerprint density at radius 3 is 2.18 bits per heavy atom. The highest BCUT2D eigenvalue weighted by Crippen LogP contribution is 2.37. The van der Waals surface area contributed by atoms with Crippen molar-refractivity contribution in [3.05, 3.63) is 18.2 Å². The quantitative estimate of drug-likeness (QED) is 0.661. The van der Waals surface area contributed by atoms with Gasteiger partial charge in [-0.2, -0.15) is 0 Å². The molecular weight excluding hydrogens is 306 g/mol. The Balaban J connectivity index is 2.34. The zero-order chi connectivity index (χ0) is 16.5. The first-order chi connectivity index (χ1) is 10.1. The summed E-state index contributed by atoms with van der Waals surface area (Å²) in [6.07, 6.45) is 0. The lowest BCUT2D eigenvalue weighted by atomic mass is 9.79. The third kappa shape index (κ3) is 3.61. The van der Waals surface area contributed by atoms with Gasteiger partial charge in [0.2, 0.25) is 0 Å². The van der Waals surface area contributed by atoms with Gasteiger partial charge in [0, 0.05) is 10.6 Å². The van der Waals surface area contributed by atoms with E-state index in [1.807, 2.05) is 34.6 Å². The lowest BCUT2D eigenvalue weighted by Gasteiger charge is -2.32. The van der Waals surface area contributed by atoms with Gasteiger partial charge in [-0.15, -0.1) is 4.89 Å². The minimum atomic E-state index is -2.75. The molecule has 1 aliphatic heterocycles. The molecule has 0 bridgehead atoms. The molecule has 1 aromatic rings. The van der Waals surface area contributed by atoms with Gasteiger partial charge in [0.05, 0.1) is 17.8 Å². The van der Waals surface area contributed by atoms with E-state index in [2.05, 4.69) is 0 Å². The topological polar surface area (TPSA) is 74.2 Å². The summed E-state index contributed by atoms with van der Waals surface area (Å²) in [7, 11) is -3.34. The minimum Gasteiger partial charge on any atom is -0.494 e. The molecule has 0 saturated carbocycles. The maximum atomic E-state index is 10.9. The van der Waals surface area contributed by atoms with E-state index >= 15 is 0 Å². The van der Waals surface area contributed by atoms with Crippen LogP contribution in [-0.2, 0) is 13.9 Å². The Labute approximate surface area is 131 Å². The molecule has 1 saturated heterocycles. The van der Waals surface area contributed by atoms with E-state index in [9.17, 15) is 4.57 Å². The first kappa shape index (κ1) is 17.2. The van der Waals surface area contributed by atoms with E-state index in [1.165, 1.54) is 0 Å². The van der Waals surface area contributed by atoms with Gasteiger partial charge in [0.1, 0.15) is 5.75 Å². The van der Waals surface area contributed by atoms with Crippen molar-refractivity contribution in [1.29, 1.82) is 0 Å². The van der Waals surface area contributed by atoms with Crippen molar-refractivity contribution in [2.45, 2.75) is 45.8 Å². The van der Waals surface area contributed by atoms with E-state index in [-0.39, 0.29) is 5.75 Å². The van der Waals surface area contributed by atoms with Crippen molar-refractivity contribution in [2.75, 3.05) is 6.61 Å². The SMILES string of the molecule is CCOc1cc(O[P+](=O)O)cc(B2OC(C)(C)C(C)(C)O2)c1. The molecular formula is C14H21BO6P+. The maximum Gasteiger partial charge on any atom is 0.747 e. The highest BCUT2D eigenvalue weighted by molar-refractivity contribution is 7.32. The van der Waals surface area contributed by atoms with Crippen molar-refractivity contribution < 1.29 is 28.0 Å². The summed E-state index contributed by atoms with van der Waals surface area (Å²) in [5.74, 6) is 0.765. The lowest BCUT2D eigenvalue weighted by molar-refractivity contribution is 0.00578. The first-order valence-electron chi connectivity index (χ1n) is 7.12. The molecule has 0 amide bonds. The van der Waals surface area contributed by atoms with Crippen LogP contribution in [0, 0.1) is 0 Å². The minimum absolute atomic E-state index is 0.235. The van der Waals surface area contributed by atoms with Gasteiger partial charge in [-0.05, 0) is 52.2 Å². The molecule has 22 heavy (non-hydrogen) atoms. The van der Waals surface area contributed by atoms with Gasteiger partial charge in [0.25, 0.3) is 0 Å².